The van der Waals surface area contributed by atoms with Gasteiger partial charge in [0.15, 0.2) is 5.78 Å². The first-order valence-electron chi connectivity index (χ1n) is 4.92. The van der Waals surface area contributed by atoms with Crippen molar-refractivity contribution in [1.29, 1.82) is 0 Å². The molecule has 0 aliphatic carbocycles. The maximum atomic E-state index is 12.0. The van der Waals surface area contributed by atoms with Gasteiger partial charge < -0.3 is 4.74 Å². The molecule has 0 saturated heterocycles. The standard InChI is InChI=1S/C12H13BrO2/c1-7-4-5-8(13)10-9(14)6-12(2,3)15-11(7)10/h4-5H,6H2,1-3H3. The first kappa shape index (κ1) is 10.7. The highest BCUT2D eigenvalue weighted by Crippen LogP contribution is 2.39. The Morgan fingerprint density at radius 3 is 2.73 bits per heavy atom. The summed E-state index contributed by atoms with van der Waals surface area (Å²) >= 11 is 3.39. The number of halogens is 1. The van der Waals surface area contributed by atoms with Crippen molar-refractivity contribution in [2.75, 3.05) is 0 Å². The summed E-state index contributed by atoms with van der Waals surface area (Å²) in [4.78, 5) is 12.0. The maximum absolute atomic E-state index is 12.0. The van der Waals surface area contributed by atoms with Crippen LogP contribution in [-0.2, 0) is 0 Å². The normalized spacial score (nSPS) is 18.3. The summed E-state index contributed by atoms with van der Waals surface area (Å²) in [6.07, 6.45) is 0.433. The van der Waals surface area contributed by atoms with E-state index in [0.29, 0.717) is 12.0 Å². The molecule has 0 bridgehead atoms. The van der Waals surface area contributed by atoms with Crippen LogP contribution in [0.5, 0.6) is 5.75 Å². The van der Waals surface area contributed by atoms with Gasteiger partial charge in [-0.25, -0.2) is 0 Å². The maximum Gasteiger partial charge on any atom is 0.171 e. The van der Waals surface area contributed by atoms with Crippen molar-refractivity contribution >= 4 is 21.7 Å². The minimum absolute atomic E-state index is 0.150. The van der Waals surface area contributed by atoms with Gasteiger partial charge in [-0.05, 0) is 48.3 Å². The zero-order valence-electron chi connectivity index (χ0n) is 9.06. The minimum Gasteiger partial charge on any atom is -0.486 e. The minimum atomic E-state index is -0.393. The lowest BCUT2D eigenvalue weighted by molar-refractivity contribution is 0.0614. The van der Waals surface area contributed by atoms with Gasteiger partial charge in [0, 0.05) is 4.47 Å². The van der Waals surface area contributed by atoms with Crippen molar-refractivity contribution in [3.63, 3.8) is 0 Å². The molecule has 1 aromatic rings. The molecule has 0 aromatic heterocycles. The Morgan fingerprint density at radius 1 is 1.40 bits per heavy atom. The second-order valence-electron chi connectivity index (χ2n) is 4.53. The molecule has 3 heteroatoms. The molecule has 1 heterocycles. The molecule has 0 atom stereocenters. The number of carbonyl (C=O) groups is 1. The third-order valence-electron chi connectivity index (χ3n) is 2.55. The van der Waals surface area contributed by atoms with Gasteiger partial charge >= 0.3 is 0 Å². The van der Waals surface area contributed by atoms with Crippen molar-refractivity contribution in [2.24, 2.45) is 0 Å². The fraction of sp³-hybridized carbons (Fsp3) is 0.417. The molecule has 2 nitrogen and oxygen atoms in total. The van der Waals surface area contributed by atoms with Crippen LogP contribution in [0.1, 0.15) is 36.2 Å². The van der Waals surface area contributed by atoms with E-state index in [4.69, 9.17) is 4.74 Å². The lowest BCUT2D eigenvalue weighted by Gasteiger charge is -2.33. The summed E-state index contributed by atoms with van der Waals surface area (Å²) in [6.45, 7) is 5.84. The van der Waals surface area contributed by atoms with Gasteiger partial charge in [-0.3, -0.25) is 4.79 Å². The molecule has 0 spiro atoms. The Hall–Kier alpha value is -0.830. The van der Waals surface area contributed by atoms with Crippen molar-refractivity contribution in [3.8, 4) is 5.75 Å². The second-order valence-corrected chi connectivity index (χ2v) is 5.38. The number of Topliss-reactive ketones (excluding diaryl/α,β-unsaturated/α-hetero) is 1. The van der Waals surface area contributed by atoms with E-state index in [0.717, 1.165) is 15.8 Å². The predicted molar refractivity (Wildman–Crippen MR) is 62.5 cm³/mol. The monoisotopic (exact) mass is 268 g/mol. The van der Waals surface area contributed by atoms with Crippen molar-refractivity contribution in [2.45, 2.75) is 32.8 Å². The highest BCUT2D eigenvalue weighted by Gasteiger charge is 2.34. The van der Waals surface area contributed by atoms with E-state index in [1.165, 1.54) is 0 Å². The Labute approximate surface area is 97.8 Å². The number of carbonyl (C=O) groups excluding carboxylic acids is 1. The molecule has 0 radical (unpaired) electrons. The van der Waals surface area contributed by atoms with Crippen molar-refractivity contribution in [1.82, 2.24) is 0 Å². The summed E-state index contributed by atoms with van der Waals surface area (Å²) < 4.78 is 6.67. The molecule has 15 heavy (non-hydrogen) atoms. The highest BCUT2D eigenvalue weighted by molar-refractivity contribution is 9.10. The van der Waals surface area contributed by atoms with Crippen LogP contribution in [0.3, 0.4) is 0 Å². The fourth-order valence-corrected chi connectivity index (χ4v) is 2.37. The summed E-state index contributed by atoms with van der Waals surface area (Å²) in [5, 5.41) is 0. The Morgan fingerprint density at radius 2 is 2.07 bits per heavy atom. The van der Waals surface area contributed by atoms with E-state index >= 15 is 0 Å². The fourth-order valence-electron chi connectivity index (χ4n) is 1.84. The smallest absolute Gasteiger partial charge is 0.171 e. The molecule has 2 rings (SSSR count). The van der Waals surface area contributed by atoms with Crippen LogP contribution in [0.15, 0.2) is 16.6 Å². The molecule has 1 aliphatic rings. The van der Waals surface area contributed by atoms with E-state index in [-0.39, 0.29) is 5.78 Å². The number of ether oxygens (including phenoxy) is 1. The van der Waals surface area contributed by atoms with Gasteiger partial charge in [0.2, 0.25) is 0 Å². The lowest BCUT2D eigenvalue weighted by Crippen LogP contribution is -2.36. The lowest BCUT2D eigenvalue weighted by atomic mass is 9.92. The number of hydrogen-bond donors (Lipinski definition) is 0. The second kappa shape index (κ2) is 3.34. The summed E-state index contributed by atoms with van der Waals surface area (Å²) in [7, 11) is 0. The quantitative estimate of drug-likeness (QED) is 0.720. The first-order chi connectivity index (χ1) is 6.91. The Kier molecular flexibility index (Phi) is 2.38. The van der Waals surface area contributed by atoms with Gasteiger partial charge in [-0.15, -0.1) is 0 Å². The van der Waals surface area contributed by atoms with Crippen LogP contribution >= 0.6 is 15.9 Å². The predicted octanol–water partition coefficient (Wildman–Crippen LogP) is 3.50. The molecule has 80 valence electrons. The molecule has 1 aliphatic heterocycles. The van der Waals surface area contributed by atoms with Gasteiger partial charge in [-0.2, -0.15) is 0 Å². The Balaban J connectivity index is 2.64. The van der Waals surface area contributed by atoms with Gasteiger partial charge in [-0.1, -0.05) is 6.07 Å². The van der Waals surface area contributed by atoms with Crippen LogP contribution in [-0.4, -0.2) is 11.4 Å². The highest BCUT2D eigenvalue weighted by atomic mass is 79.9. The van der Waals surface area contributed by atoms with Crippen LogP contribution < -0.4 is 4.74 Å². The number of hydrogen-bond acceptors (Lipinski definition) is 2. The number of ketones is 1. The van der Waals surface area contributed by atoms with Crippen LogP contribution in [0.2, 0.25) is 0 Å². The first-order valence-corrected chi connectivity index (χ1v) is 5.71. The molecule has 0 amide bonds. The molecular formula is C12H13BrO2. The average Bonchev–Trinajstić information content (AvgIpc) is 2.09. The van der Waals surface area contributed by atoms with Crippen LogP contribution in [0.4, 0.5) is 0 Å². The summed E-state index contributed by atoms with van der Waals surface area (Å²) in [5.41, 5.74) is 1.30. The third-order valence-corrected chi connectivity index (χ3v) is 3.21. The topological polar surface area (TPSA) is 26.3 Å². The molecule has 0 saturated carbocycles. The Bertz CT molecular complexity index is 435. The van der Waals surface area contributed by atoms with E-state index in [1.807, 2.05) is 32.9 Å². The van der Waals surface area contributed by atoms with Gasteiger partial charge in [0.25, 0.3) is 0 Å². The van der Waals surface area contributed by atoms with E-state index < -0.39 is 5.60 Å². The van der Waals surface area contributed by atoms with E-state index in [2.05, 4.69) is 15.9 Å². The van der Waals surface area contributed by atoms with Crippen molar-refractivity contribution < 1.29 is 9.53 Å². The molecule has 0 fully saturated rings. The number of rotatable bonds is 0. The average molecular weight is 269 g/mol. The summed E-state index contributed by atoms with van der Waals surface area (Å²) in [6, 6.07) is 3.85. The zero-order chi connectivity index (χ0) is 11.2. The number of aryl methyl sites for hydroxylation is 1. The summed E-state index contributed by atoms with van der Waals surface area (Å²) in [5.74, 6) is 0.877. The van der Waals surface area contributed by atoms with Gasteiger partial charge in [0.05, 0.1) is 12.0 Å². The molecule has 0 unspecified atom stereocenters. The number of fused-ring (bicyclic) bond motifs is 1. The van der Waals surface area contributed by atoms with E-state index in [1.54, 1.807) is 0 Å². The zero-order valence-corrected chi connectivity index (χ0v) is 10.6. The van der Waals surface area contributed by atoms with Crippen LogP contribution in [0.25, 0.3) is 0 Å². The SMILES string of the molecule is Cc1ccc(Br)c2c1OC(C)(C)CC2=O. The number of benzene rings is 1. The largest absolute Gasteiger partial charge is 0.486 e. The van der Waals surface area contributed by atoms with Crippen LogP contribution in [0, 0.1) is 6.92 Å². The van der Waals surface area contributed by atoms with Crippen molar-refractivity contribution in [3.05, 3.63) is 27.7 Å². The molecule has 0 N–H and O–H groups in total. The van der Waals surface area contributed by atoms with E-state index in [9.17, 15) is 4.79 Å². The van der Waals surface area contributed by atoms with Gasteiger partial charge in [0.1, 0.15) is 11.4 Å². The molecule has 1 aromatic carbocycles. The molecular weight excluding hydrogens is 256 g/mol. The third kappa shape index (κ3) is 1.81.